The van der Waals surface area contributed by atoms with E-state index in [2.05, 4.69) is 16.8 Å². The Kier molecular flexibility index (Phi) is 3.21. The van der Waals surface area contributed by atoms with Gasteiger partial charge in [-0.15, -0.1) is 0 Å². The number of aromatic nitrogens is 1. The van der Waals surface area contributed by atoms with Crippen molar-refractivity contribution in [2.45, 2.75) is 26.3 Å². The summed E-state index contributed by atoms with van der Waals surface area (Å²) in [6.07, 6.45) is 2.62. The molecule has 0 aromatic carbocycles. The van der Waals surface area contributed by atoms with Crippen LogP contribution in [0.5, 0.6) is 0 Å². The van der Waals surface area contributed by atoms with Crippen LogP contribution in [-0.2, 0) is 6.54 Å². The number of nitrogens with zero attached hydrogens (tertiary/aromatic N) is 2. The minimum Gasteiger partial charge on any atom is -0.384 e. The predicted molar refractivity (Wildman–Crippen MR) is 62.3 cm³/mol. The Morgan fingerprint density at radius 2 is 2.13 bits per heavy atom. The zero-order valence-corrected chi connectivity index (χ0v) is 9.32. The van der Waals surface area contributed by atoms with Crippen molar-refractivity contribution in [3.8, 4) is 0 Å². The van der Waals surface area contributed by atoms with Crippen LogP contribution in [0.15, 0.2) is 18.2 Å². The van der Waals surface area contributed by atoms with Crippen LogP contribution in [0.2, 0.25) is 0 Å². The Hall–Kier alpha value is -1.09. The molecule has 1 aliphatic rings. The van der Waals surface area contributed by atoms with E-state index in [1.807, 2.05) is 18.2 Å². The van der Waals surface area contributed by atoms with Gasteiger partial charge in [-0.3, -0.25) is 4.90 Å². The Balaban J connectivity index is 1.92. The lowest BCUT2D eigenvalue weighted by atomic mass is 9.99. The fraction of sp³-hybridized carbons (Fsp3) is 0.583. The SMILES string of the molecule is CC1CCN(Cc2cccc(N)n2)CC1. The largest absolute Gasteiger partial charge is 0.384 e. The molecule has 1 saturated heterocycles. The second kappa shape index (κ2) is 4.62. The van der Waals surface area contributed by atoms with Crippen molar-refractivity contribution in [2.24, 2.45) is 5.92 Å². The summed E-state index contributed by atoms with van der Waals surface area (Å²) >= 11 is 0. The van der Waals surface area contributed by atoms with Crippen LogP contribution in [0.4, 0.5) is 5.82 Å². The first-order chi connectivity index (χ1) is 7.24. The first-order valence-corrected chi connectivity index (χ1v) is 5.68. The van der Waals surface area contributed by atoms with Crippen molar-refractivity contribution < 1.29 is 0 Å². The number of likely N-dealkylation sites (tertiary alicyclic amines) is 1. The van der Waals surface area contributed by atoms with Crippen LogP contribution in [0.3, 0.4) is 0 Å². The molecule has 1 fully saturated rings. The highest BCUT2D eigenvalue weighted by Gasteiger charge is 2.15. The number of piperidine rings is 1. The maximum atomic E-state index is 5.66. The highest BCUT2D eigenvalue weighted by atomic mass is 15.1. The fourth-order valence-electron chi connectivity index (χ4n) is 2.04. The summed E-state index contributed by atoms with van der Waals surface area (Å²) < 4.78 is 0. The highest BCUT2D eigenvalue weighted by molar-refractivity contribution is 5.28. The fourth-order valence-corrected chi connectivity index (χ4v) is 2.04. The maximum Gasteiger partial charge on any atom is 0.123 e. The molecule has 3 heteroatoms. The number of rotatable bonds is 2. The molecule has 0 bridgehead atoms. The number of hydrogen-bond donors (Lipinski definition) is 1. The van der Waals surface area contributed by atoms with Crippen molar-refractivity contribution >= 4 is 5.82 Å². The Morgan fingerprint density at radius 3 is 2.80 bits per heavy atom. The lowest BCUT2D eigenvalue weighted by Gasteiger charge is -2.29. The molecule has 2 rings (SSSR count). The predicted octanol–water partition coefficient (Wildman–Crippen LogP) is 1.90. The number of pyridine rings is 1. The second-order valence-corrected chi connectivity index (χ2v) is 4.51. The molecule has 15 heavy (non-hydrogen) atoms. The van der Waals surface area contributed by atoms with E-state index in [1.54, 1.807) is 0 Å². The van der Waals surface area contributed by atoms with Crippen LogP contribution in [0.25, 0.3) is 0 Å². The quantitative estimate of drug-likeness (QED) is 0.801. The Morgan fingerprint density at radius 1 is 1.40 bits per heavy atom. The van der Waals surface area contributed by atoms with Crippen LogP contribution < -0.4 is 5.73 Å². The van der Waals surface area contributed by atoms with E-state index in [-0.39, 0.29) is 0 Å². The van der Waals surface area contributed by atoms with Gasteiger partial charge in [-0.2, -0.15) is 0 Å². The molecule has 0 radical (unpaired) electrons. The van der Waals surface area contributed by atoms with Gasteiger partial charge in [0.15, 0.2) is 0 Å². The van der Waals surface area contributed by atoms with Crippen molar-refractivity contribution in [3.63, 3.8) is 0 Å². The third kappa shape index (κ3) is 2.93. The molecule has 0 saturated carbocycles. The average molecular weight is 205 g/mol. The highest BCUT2D eigenvalue weighted by Crippen LogP contribution is 2.17. The topological polar surface area (TPSA) is 42.1 Å². The molecule has 0 aliphatic carbocycles. The van der Waals surface area contributed by atoms with Gasteiger partial charge in [0, 0.05) is 6.54 Å². The summed E-state index contributed by atoms with van der Waals surface area (Å²) in [5.74, 6) is 1.51. The van der Waals surface area contributed by atoms with Crippen molar-refractivity contribution in [2.75, 3.05) is 18.8 Å². The first-order valence-electron chi connectivity index (χ1n) is 5.68. The van der Waals surface area contributed by atoms with Crippen LogP contribution in [0.1, 0.15) is 25.5 Å². The van der Waals surface area contributed by atoms with Gasteiger partial charge >= 0.3 is 0 Å². The molecule has 2 N–H and O–H groups in total. The van der Waals surface area contributed by atoms with E-state index in [4.69, 9.17) is 5.73 Å². The molecule has 2 heterocycles. The summed E-state index contributed by atoms with van der Waals surface area (Å²) in [5.41, 5.74) is 6.74. The van der Waals surface area contributed by atoms with Gasteiger partial charge in [-0.05, 0) is 44.0 Å². The number of nitrogen functional groups attached to an aromatic ring is 1. The van der Waals surface area contributed by atoms with E-state index in [9.17, 15) is 0 Å². The van der Waals surface area contributed by atoms with E-state index < -0.39 is 0 Å². The van der Waals surface area contributed by atoms with Crippen molar-refractivity contribution in [1.29, 1.82) is 0 Å². The van der Waals surface area contributed by atoms with Crippen molar-refractivity contribution in [1.82, 2.24) is 9.88 Å². The average Bonchev–Trinajstić information content (AvgIpc) is 2.22. The van der Waals surface area contributed by atoms with Crippen molar-refractivity contribution in [3.05, 3.63) is 23.9 Å². The van der Waals surface area contributed by atoms with Gasteiger partial charge in [0.25, 0.3) is 0 Å². The third-order valence-corrected chi connectivity index (χ3v) is 3.09. The smallest absolute Gasteiger partial charge is 0.123 e. The standard InChI is InChI=1S/C12H19N3/c1-10-5-7-15(8-6-10)9-11-3-2-4-12(13)14-11/h2-4,10H,5-9H2,1H3,(H2,13,14). The van der Waals surface area contributed by atoms with E-state index in [0.717, 1.165) is 18.2 Å². The zero-order valence-electron chi connectivity index (χ0n) is 9.32. The monoisotopic (exact) mass is 205 g/mol. The minimum atomic E-state index is 0.623. The molecular weight excluding hydrogens is 186 g/mol. The molecule has 1 aromatic rings. The number of nitrogens with two attached hydrogens (primary N) is 1. The Bertz CT molecular complexity index is 316. The molecule has 0 spiro atoms. The summed E-state index contributed by atoms with van der Waals surface area (Å²) in [6, 6.07) is 5.86. The normalized spacial score (nSPS) is 19.3. The lowest BCUT2D eigenvalue weighted by Crippen LogP contribution is -2.32. The van der Waals surface area contributed by atoms with Crippen LogP contribution >= 0.6 is 0 Å². The van der Waals surface area contributed by atoms with Gasteiger partial charge in [0.05, 0.1) is 5.69 Å². The molecule has 1 aliphatic heterocycles. The van der Waals surface area contributed by atoms with Crippen LogP contribution in [-0.4, -0.2) is 23.0 Å². The number of anilines is 1. The van der Waals surface area contributed by atoms with Gasteiger partial charge in [-0.25, -0.2) is 4.98 Å². The third-order valence-electron chi connectivity index (χ3n) is 3.09. The summed E-state index contributed by atoms with van der Waals surface area (Å²) in [5, 5.41) is 0. The molecule has 0 unspecified atom stereocenters. The molecule has 0 amide bonds. The first kappa shape index (κ1) is 10.4. The molecular formula is C12H19N3. The summed E-state index contributed by atoms with van der Waals surface area (Å²) in [4.78, 5) is 6.78. The molecule has 3 nitrogen and oxygen atoms in total. The second-order valence-electron chi connectivity index (χ2n) is 4.51. The minimum absolute atomic E-state index is 0.623. The molecule has 0 atom stereocenters. The zero-order chi connectivity index (χ0) is 10.7. The van der Waals surface area contributed by atoms with Gasteiger partial charge in [-0.1, -0.05) is 13.0 Å². The maximum absolute atomic E-state index is 5.66. The lowest BCUT2D eigenvalue weighted by molar-refractivity contribution is 0.183. The van der Waals surface area contributed by atoms with Crippen LogP contribution in [0, 0.1) is 5.92 Å². The van der Waals surface area contributed by atoms with Gasteiger partial charge in [0.1, 0.15) is 5.82 Å². The van der Waals surface area contributed by atoms with E-state index >= 15 is 0 Å². The summed E-state index contributed by atoms with van der Waals surface area (Å²) in [6.45, 7) is 5.66. The van der Waals surface area contributed by atoms with E-state index in [0.29, 0.717) is 5.82 Å². The Labute approximate surface area is 91.3 Å². The van der Waals surface area contributed by atoms with Gasteiger partial charge < -0.3 is 5.73 Å². The molecule has 1 aromatic heterocycles. The summed E-state index contributed by atoms with van der Waals surface area (Å²) in [7, 11) is 0. The van der Waals surface area contributed by atoms with E-state index in [1.165, 1.54) is 25.9 Å². The number of hydrogen-bond acceptors (Lipinski definition) is 3. The molecule has 82 valence electrons. The van der Waals surface area contributed by atoms with Gasteiger partial charge in [0.2, 0.25) is 0 Å².